The number of hydrogen-bond donors (Lipinski definition) is 2. The summed E-state index contributed by atoms with van der Waals surface area (Å²) in [6.45, 7) is 0. The maximum Gasteiger partial charge on any atom is 0.270 e. The lowest BCUT2D eigenvalue weighted by Gasteiger charge is -2.26. The van der Waals surface area contributed by atoms with E-state index in [4.69, 9.17) is 5.73 Å². The predicted octanol–water partition coefficient (Wildman–Crippen LogP) is 2.39. The highest BCUT2D eigenvalue weighted by Gasteiger charge is 2.22. The summed E-state index contributed by atoms with van der Waals surface area (Å²) in [6, 6.07) is 2.09. The highest BCUT2D eigenvalue weighted by Crippen LogP contribution is 2.22. The number of hydrogen-bond acceptors (Lipinski definition) is 2. The quantitative estimate of drug-likeness (QED) is 0.773. The zero-order chi connectivity index (χ0) is 12.3. The molecule has 0 unspecified atom stereocenters. The van der Waals surface area contributed by atoms with Gasteiger partial charge in [0.05, 0.1) is 0 Å². The fraction of sp³-hybridized carbons (Fsp3) is 0.615. The molecule has 94 valence electrons. The van der Waals surface area contributed by atoms with Crippen molar-refractivity contribution in [3.05, 3.63) is 18.0 Å². The van der Waals surface area contributed by atoms with Crippen molar-refractivity contribution in [2.45, 2.75) is 44.6 Å². The van der Waals surface area contributed by atoms with E-state index < -0.39 is 0 Å². The van der Waals surface area contributed by atoms with E-state index in [-0.39, 0.29) is 5.91 Å². The molecular formula is C13H21N3O. The Balaban J connectivity index is 2.03. The molecule has 0 atom stereocenters. The molecule has 1 aromatic rings. The molecule has 1 aliphatic carbocycles. The van der Waals surface area contributed by atoms with Gasteiger partial charge in [-0.15, -0.1) is 0 Å². The maximum atomic E-state index is 12.2. The Kier molecular flexibility index (Phi) is 3.71. The number of rotatable bonds is 2. The number of aromatic nitrogens is 1. The van der Waals surface area contributed by atoms with Crippen LogP contribution in [0.2, 0.25) is 0 Å². The average Bonchev–Trinajstić information content (AvgIpc) is 2.60. The van der Waals surface area contributed by atoms with Crippen LogP contribution >= 0.6 is 0 Å². The van der Waals surface area contributed by atoms with Crippen molar-refractivity contribution in [3.63, 3.8) is 0 Å². The summed E-state index contributed by atoms with van der Waals surface area (Å²) < 4.78 is 0. The van der Waals surface area contributed by atoms with Gasteiger partial charge in [-0.05, 0) is 18.9 Å². The minimum Gasteiger partial charge on any atom is -0.397 e. The van der Waals surface area contributed by atoms with E-state index in [1.165, 1.54) is 25.7 Å². The standard InChI is InChI=1S/C13H21N3O/c1-16(11-6-4-2-3-5-7-11)13(17)12-8-10(14)9-15-12/h8-9,11,15H,2-7,14H2,1H3. The van der Waals surface area contributed by atoms with Gasteiger partial charge in [0.1, 0.15) is 5.69 Å². The number of anilines is 1. The van der Waals surface area contributed by atoms with Crippen molar-refractivity contribution < 1.29 is 4.79 Å². The molecule has 2 rings (SSSR count). The number of nitrogens with zero attached hydrogens (tertiary/aromatic N) is 1. The van der Waals surface area contributed by atoms with Crippen LogP contribution in [-0.2, 0) is 0 Å². The van der Waals surface area contributed by atoms with E-state index in [1.807, 2.05) is 11.9 Å². The number of H-pyrrole nitrogens is 1. The molecule has 0 bridgehead atoms. The van der Waals surface area contributed by atoms with E-state index in [0.717, 1.165) is 12.8 Å². The zero-order valence-electron chi connectivity index (χ0n) is 10.4. The highest BCUT2D eigenvalue weighted by molar-refractivity contribution is 5.93. The molecule has 1 saturated carbocycles. The van der Waals surface area contributed by atoms with Crippen molar-refractivity contribution in [2.24, 2.45) is 0 Å². The number of carbonyl (C=O) groups is 1. The molecular weight excluding hydrogens is 214 g/mol. The zero-order valence-corrected chi connectivity index (χ0v) is 10.4. The molecule has 1 aromatic heterocycles. The second kappa shape index (κ2) is 5.25. The molecule has 4 nitrogen and oxygen atoms in total. The van der Waals surface area contributed by atoms with Gasteiger partial charge in [-0.1, -0.05) is 25.7 Å². The molecule has 3 N–H and O–H groups in total. The van der Waals surface area contributed by atoms with E-state index >= 15 is 0 Å². The van der Waals surface area contributed by atoms with Crippen molar-refractivity contribution in [3.8, 4) is 0 Å². The van der Waals surface area contributed by atoms with Gasteiger partial charge in [0.15, 0.2) is 0 Å². The largest absolute Gasteiger partial charge is 0.397 e. The Labute approximate surface area is 102 Å². The Morgan fingerprint density at radius 2 is 2.00 bits per heavy atom. The third kappa shape index (κ3) is 2.81. The van der Waals surface area contributed by atoms with E-state index in [1.54, 1.807) is 12.3 Å². The normalized spacial score (nSPS) is 17.7. The minimum atomic E-state index is 0.0496. The van der Waals surface area contributed by atoms with Crippen LogP contribution in [0.1, 0.15) is 49.0 Å². The minimum absolute atomic E-state index is 0.0496. The van der Waals surface area contributed by atoms with Crippen LogP contribution in [0.5, 0.6) is 0 Å². The molecule has 0 radical (unpaired) electrons. The summed E-state index contributed by atoms with van der Waals surface area (Å²) in [4.78, 5) is 17.0. The van der Waals surface area contributed by atoms with E-state index in [0.29, 0.717) is 17.4 Å². The number of carbonyl (C=O) groups excluding carboxylic acids is 1. The summed E-state index contributed by atoms with van der Waals surface area (Å²) in [5.41, 5.74) is 6.82. The van der Waals surface area contributed by atoms with Crippen LogP contribution in [0.3, 0.4) is 0 Å². The second-order valence-electron chi connectivity index (χ2n) is 4.91. The van der Waals surface area contributed by atoms with E-state index in [2.05, 4.69) is 4.98 Å². The molecule has 0 spiro atoms. The van der Waals surface area contributed by atoms with Crippen molar-refractivity contribution in [1.82, 2.24) is 9.88 Å². The molecule has 0 aliphatic heterocycles. The molecule has 0 saturated heterocycles. The van der Waals surface area contributed by atoms with Gasteiger partial charge in [0.2, 0.25) is 0 Å². The van der Waals surface area contributed by atoms with Crippen LogP contribution in [0.4, 0.5) is 5.69 Å². The second-order valence-corrected chi connectivity index (χ2v) is 4.91. The van der Waals surface area contributed by atoms with E-state index in [9.17, 15) is 4.79 Å². The van der Waals surface area contributed by atoms with Gasteiger partial charge >= 0.3 is 0 Å². The fourth-order valence-corrected chi connectivity index (χ4v) is 2.54. The molecule has 4 heteroatoms. The molecule has 1 amide bonds. The van der Waals surface area contributed by atoms with Gasteiger partial charge in [0.25, 0.3) is 5.91 Å². The molecule has 1 fully saturated rings. The third-order valence-corrected chi connectivity index (χ3v) is 3.63. The summed E-state index contributed by atoms with van der Waals surface area (Å²) in [5, 5.41) is 0. The van der Waals surface area contributed by atoms with Crippen LogP contribution in [0.25, 0.3) is 0 Å². The first-order valence-electron chi connectivity index (χ1n) is 6.39. The SMILES string of the molecule is CN(C(=O)c1cc(N)c[nH]1)C1CCCCCC1. The average molecular weight is 235 g/mol. The number of nitrogens with two attached hydrogens (primary N) is 1. The van der Waals surface area contributed by atoms with Gasteiger partial charge in [-0.25, -0.2) is 0 Å². The Hall–Kier alpha value is -1.45. The summed E-state index contributed by atoms with van der Waals surface area (Å²) in [7, 11) is 1.90. The van der Waals surface area contributed by atoms with Crippen molar-refractivity contribution in [1.29, 1.82) is 0 Å². The van der Waals surface area contributed by atoms with Crippen LogP contribution in [-0.4, -0.2) is 28.9 Å². The predicted molar refractivity (Wildman–Crippen MR) is 68.8 cm³/mol. The monoisotopic (exact) mass is 235 g/mol. The summed E-state index contributed by atoms with van der Waals surface area (Å²) in [5.74, 6) is 0.0496. The fourth-order valence-electron chi connectivity index (χ4n) is 2.54. The van der Waals surface area contributed by atoms with Crippen LogP contribution < -0.4 is 5.73 Å². The van der Waals surface area contributed by atoms with Crippen molar-refractivity contribution >= 4 is 11.6 Å². The Morgan fingerprint density at radius 1 is 1.35 bits per heavy atom. The third-order valence-electron chi connectivity index (χ3n) is 3.63. The van der Waals surface area contributed by atoms with Crippen molar-refractivity contribution in [2.75, 3.05) is 12.8 Å². The molecule has 1 heterocycles. The lowest BCUT2D eigenvalue weighted by atomic mass is 10.1. The Morgan fingerprint density at radius 3 is 2.53 bits per heavy atom. The lowest BCUT2D eigenvalue weighted by molar-refractivity contribution is 0.0712. The number of amides is 1. The highest BCUT2D eigenvalue weighted by atomic mass is 16.2. The van der Waals surface area contributed by atoms with Crippen LogP contribution in [0, 0.1) is 0 Å². The van der Waals surface area contributed by atoms with Gasteiger partial charge in [0, 0.05) is 25.0 Å². The lowest BCUT2D eigenvalue weighted by Crippen LogP contribution is -2.36. The number of aromatic amines is 1. The smallest absolute Gasteiger partial charge is 0.270 e. The first kappa shape index (κ1) is 12.0. The summed E-state index contributed by atoms with van der Waals surface area (Å²) >= 11 is 0. The van der Waals surface area contributed by atoms with Crippen LogP contribution in [0.15, 0.2) is 12.3 Å². The van der Waals surface area contributed by atoms with Gasteiger partial charge in [-0.2, -0.15) is 0 Å². The number of nitrogens with one attached hydrogen (secondary N) is 1. The maximum absolute atomic E-state index is 12.2. The molecule has 0 aromatic carbocycles. The summed E-state index contributed by atoms with van der Waals surface area (Å²) in [6.07, 6.45) is 8.97. The number of nitrogen functional groups attached to an aromatic ring is 1. The van der Waals surface area contributed by atoms with Gasteiger partial charge < -0.3 is 15.6 Å². The topological polar surface area (TPSA) is 62.1 Å². The molecule has 17 heavy (non-hydrogen) atoms. The Bertz CT molecular complexity index is 378. The molecule has 1 aliphatic rings. The first-order valence-corrected chi connectivity index (χ1v) is 6.39. The van der Waals surface area contributed by atoms with Gasteiger partial charge in [-0.3, -0.25) is 4.79 Å². The first-order chi connectivity index (χ1) is 8.18.